The molecule has 0 aromatic carbocycles. The Bertz CT molecular complexity index is 888. The van der Waals surface area contributed by atoms with E-state index in [1.165, 1.54) is 4.88 Å². The molecule has 3 heterocycles. The van der Waals surface area contributed by atoms with Crippen LogP contribution in [0.15, 0.2) is 29.6 Å². The Morgan fingerprint density at radius 1 is 1.26 bits per heavy atom. The summed E-state index contributed by atoms with van der Waals surface area (Å²) in [5.74, 6) is 1.32. The SMILES string of the molecule is CS(=O)(=O)NCCc1nnc2ccc(NCc3cccs3)nn12. The van der Waals surface area contributed by atoms with E-state index < -0.39 is 10.0 Å². The lowest BCUT2D eigenvalue weighted by Crippen LogP contribution is -2.25. The molecular formula is C13H16N6O2S2. The Hall–Kier alpha value is -2.04. The van der Waals surface area contributed by atoms with E-state index in [1.54, 1.807) is 15.9 Å². The monoisotopic (exact) mass is 352 g/mol. The van der Waals surface area contributed by atoms with Gasteiger partial charge in [0.05, 0.1) is 12.8 Å². The number of rotatable bonds is 7. The summed E-state index contributed by atoms with van der Waals surface area (Å²) in [6, 6.07) is 7.72. The summed E-state index contributed by atoms with van der Waals surface area (Å²) < 4.78 is 26.3. The Morgan fingerprint density at radius 2 is 2.13 bits per heavy atom. The topological polar surface area (TPSA) is 101 Å². The van der Waals surface area contributed by atoms with Crippen molar-refractivity contribution in [1.29, 1.82) is 0 Å². The van der Waals surface area contributed by atoms with Crippen molar-refractivity contribution >= 4 is 32.8 Å². The number of nitrogens with zero attached hydrogens (tertiary/aromatic N) is 4. The summed E-state index contributed by atoms with van der Waals surface area (Å²) in [6.07, 6.45) is 1.54. The van der Waals surface area contributed by atoms with Gasteiger partial charge in [0.2, 0.25) is 10.0 Å². The summed E-state index contributed by atoms with van der Waals surface area (Å²) in [4.78, 5) is 1.22. The lowest BCUT2D eigenvalue weighted by molar-refractivity contribution is 0.586. The van der Waals surface area contributed by atoms with Crippen LogP contribution < -0.4 is 10.0 Å². The van der Waals surface area contributed by atoms with Gasteiger partial charge in [0.25, 0.3) is 0 Å². The maximum Gasteiger partial charge on any atom is 0.208 e. The molecule has 0 aliphatic carbocycles. The van der Waals surface area contributed by atoms with Gasteiger partial charge < -0.3 is 5.32 Å². The van der Waals surface area contributed by atoms with E-state index in [9.17, 15) is 8.42 Å². The highest BCUT2D eigenvalue weighted by Crippen LogP contribution is 2.12. The van der Waals surface area contributed by atoms with Gasteiger partial charge in [0.15, 0.2) is 11.5 Å². The van der Waals surface area contributed by atoms with Crippen LogP contribution in [0.4, 0.5) is 5.82 Å². The van der Waals surface area contributed by atoms with Crippen LogP contribution >= 0.6 is 11.3 Å². The normalized spacial score (nSPS) is 11.9. The summed E-state index contributed by atoms with van der Waals surface area (Å²) >= 11 is 1.68. The van der Waals surface area contributed by atoms with Gasteiger partial charge in [-0.15, -0.1) is 26.6 Å². The fraction of sp³-hybridized carbons (Fsp3) is 0.308. The molecule has 23 heavy (non-hydrogen) atoms. The first-order chi connectivity index (χ1) is 11.0. The first kappa shape index (κ1) is 15.8. The summed E-state index contributed by atoms with van der Waals surface area (Å²) in [6.45, 7) is 0.956. The van der Waals surface area contributed by atoms with E-state index in [1.807, 2.05) is 23.6 Å². The fourth-order valence-corrected chi connectivity index (χ4v) is 3.14. The molecule has 10 heteroatoms. The molecule has 3 aromatic heterocycles. The van der Waals surface area contributed by atoms with Crippen molar-refractivity contribution < 1.29 is 8.42 Å². The number of aromatic nitrogens is 4. The van der Waals surface area contributed by atoms with Crippen LogP contribution in [0.25, 0.3) is 5.65 Å². The molecule has 0 aliphatic heterocycles. The highest BCUT2D eigenvalue weighted by molar-refractivity contribution is 7.88. The molecule has 2 N–H and O–H groups in total. The molecule has 0 unspecified atom stereocenters. The third kappa shape index (κ3) is 4.24. The Kier molecular flexibility index (Phi) is 4.55. The summed E-state index contributed by atoms with van der Waals surface area (Å²) in [7, 11) is -3.21. The third-order valence-corrected chi connectivity index (χ3v) is 4.67. The largest absolute Gasteiger partial charge is 0.364 e. The molecule has 0 amide bonds. The number of nitrogens with one attached hydrogen (secondary N) is 2. The molecule has 0 aliphatic rings. The van der Waals surface area contributed by atoms with Crippen LogP contribution in [0.2, 0.25) is 0 Å². The van der Waals surface area contributed by atoms with E-state index in [4.69, 9.17) is 0 Å². The minimum Gasteiger partial charge on any atom is -0.364 e. The molecule has 0 saturated carbocycles. The van der Waals surface area contributed by atoms with Gasteiger partial charge in [-0.1, -0.05) is 6.07 Å². The molecule has 0 saturated heterocycles. The second-order valence-electron chi connectivity index (χ2n) is 4.95. The van der Waals surface area contributed by atoms with E-state index >= 15 is 0 Å². The lowest BCUT2D eigenvalue weighted by atomic mass is 10.4. The number of thiophene rings is 1. The second kappa shape index (κ2) is 6.60. The van der Waals surface area contributed by atoms with E-state index in [2.05, 4.69) is 31.4 Å². The molecule has 0 bridgehead atoms. The molecule has 3 aromatic rings. The van der Waals surface area contributed by atoms with Crippen LogP contribution in [-0.4, -0.2) is 41.0 Å². The van der Waals surface area contributed by atoms with Crippen molar-refractivity contribution in [2.45, 2.75) is 13.0 Å². The van der Waals surface area contributed by atoms with Crippen LogP contribution in [0.5, 0.6) is 0 Å². The van der Waals surface area contributed by atoms with Gasteiger partial charge in [-0.3, -0.25) is 0 Å². The van der Waals surface area contributed by atoms with E-state index in [-0.39, 0.29) is 6.54 Å². The molecular weight excluding hydrogens is 336 g/mol. The van der Waals surface area contributed by atoms with Crippen LogP contribution in [-0.2, 0) is 23.0 Å². The smallest absolute Gasteiger partial charge is 0.208 e. The first-order valence-corrected chi connectivity index (χ1v) is 9.70. The Labute approximate surface area is 137 Å². The molecule has 0 radical (unpaired) electrons. The highest BCUT2D eigenvalue weighted by atomic mass is 32.2. The van der Waals surface area contributed by atoms with Crippen LogP contribution in [0.3, 0.4) is 0 Å². The Morgan fingerprint density at radius 3 is 2.87 bits per heavy atom. The first-order valence-electron chi connectivity index (χ1n) is 6.93. The van der Waals surface area contributed by atoms with Crippen LogP contribution in [0.1, 0.15) is 10.7 Å². The quantitative estimate of drug-likeness (QED) is 0.655. The van der Waals surface area contributed by atoms with Gasteiger partial charge in [0, 0.05) is 17.8 Å². The minimum absolute atomic E-state index is 0.258. The summed E-state index contributed by atoms with van der Waals surface area (Å²) in [5, 5.41) is 17.8. The average molecular weight is 352 g/mol. The van der Waals surface area contributed by atoms with Crippen molar-refractivity contribution in [1.82, 2.24) is 24.5 Å². The zero-order valence-corrected chi connectivity index (χ0v) is 14.1. The van der Waals surface area contributed by atoms with Crippen molar-refractivity contribution in [3.05, 3.63) is 40.3 Å². The molecule has 8 nitrogen and oxygen atoms in total. The number of hydrogen-bond donors (Lipinski definition) is 2. The lowest BCUT2D eigenvalue weighted by Gasteiger charge is -2.05. The fourth-order valence-electron chi connectivity index (χ4n) is 2.02. The minimum atomic E-state index is -3.21. The van der Waals surface area contributed by atoms with E-state index in [0.717, 1.165) is 6.26 Å². The highest BCUT2D eigenvalue weighted by Gasteiger charge is 2.09. The summed E-state index contributed by atoms with van der Waals surface area (Å²) in [5.41, 5.74) is 0.626. The maximum atomic E-state index is 11.1. The number of fused-ring (bicyclic) bond motifs is 1. The molecule has 0 spiro atoms. The molecule has 3 rings (SSSR count). The maximum absolute atomic E-state index is 11.1. The predicted octanol–water partition coefficient (Wildman–Crippen LogP) is 0.890. The second-order valence-corrected chi connectivity index (χ2v) is 7.82. The molecule has 0 fully saturated rings. The number of sulfonamides is 1. The van der Waals surface area contributed by atoms with Gasteiger partial charge in [-0.2, -0.15) is 4.52 Å². The van der Waals surface area contributed by atoms with Crippen molar-refractivity contribution in [2.75, 3.05) is 18.1 Å². The van der Waals surface area contributed by atoms with Gasteiger partial charge in [-0.05, 0) is 23.6 Å². The zero-order chi connectivity index (χ0) is 16.3. The van der Waals surface area contributed by atoms with Gasteiger partial charge in [-0.25, -0.2) is 13.1 Å². The number of hydrogen-bond acceptors (Lipinski definition) is 7. The molecule has 122 valence electrons. The van der Waals surface area contributed by atoms with Crippen molar-refractivity contribution in [2.24, 2.45) is 0 Å². The van der Waals surface area contributed by atoms with Crippen molar-refractivity contribution in [3.8, 4) is 0 Å². The zero-order valence-electron chi connectivity index (χ0n) is 12.4. The Balaban J connectivity index is 1.71. The molecule has 0 atom stereocenters. The average Bonchev–Trinajstić information content (AvgIpc) is 3.13. The van der Waals surface area contributed by atoms with Crippen LogP contribution in [0, 0.1) is 0 Å². The standard InChI is InChI=1S/C13H16N6O2S2/c1-23(20,21)15-7-6-13-17-16-12-5-4-11(18-19(12)13)14-9-10-3-2-8-22-10/h2-5,8,15H,6-7,9H2,1H3,(H,14,18). The van der Waals surface area contributed by atoms with Crippen molar-refractivity contribution in [3.63, 3.8) is 0 Å². The third-order valence-electron chi connectivity index (χ3n) is 3.06. The number of anilines is 1. The van der Waals surface area contributed by atoms with Gasteiger partial charge >= 0.3 is 0 Å². The van der Waals surface area contributed by atoms with E-state index in [0.29, 0.717) is 30.3 Å². The predicted molar refractivity (Wildman–Crippen MR) is 89.0 cm³/mol. The van der Waals surface area contributed by atoms with Gasteiger partial charge in [0.1, 0.15) is 5.82 Å².